The van der Waals surface area contributed by atoms with Crippen LogP contribution in [0, 0.1) is 0 Å². The predicted molar refractivity (Wildman–Crippen MR) is 77.4 cm³/mol. The molecule has 1 aromatic heterocycles. The molecule has 0 aromatic carbocycles. The molecule has 0 saturated carbocycles. The molecule has 1 rings (SSSR count). The molecule has 17 heavy (non-hydrogen) atoms. The number of rotatable bonds is 7. The Bertz CT molecular complexity index is 328. The highest BCUT2D eigenvalue weighted by Crippen LogP contribution is 2.15. The van der Waals surface area contributed by atoms with E-state index >= 15 is 0 Å². The van der Waals surface area contributed by atoms with Gasteiger partial charge >= 0.3 is 0 Å². The monoisotopic (exact) mass is 253 g/mol. The molecule has 3 nitrogen and oxygen atoms in total. The normalized spacial score (nSPS) is 12.9. The minimum Gasteiger partial charge on any atom is -0.383 e. The second-order valence-corrected chi connectivity index (χ2v) is 6.00. The Hall–Kier alpha value is -0.740. The maximum atomic E-state index is 5.88. The molecule has 96 valence electrons. The van der Waals surface area contributed by atoms with Crippen LogP contribution in [0.1, 0.15) is 26.3 Å². The van der Waals surface area contributed by atoms with E-state index in [1.807, 2.05) is 17.8 Å². The molecule has 0 fully saturated rings. The van der Waals surface area contributed by atoms with Crippen molar-refractivity contribution in [3.8, 4) is 0 Å². The van der Waals surface area contributed by atoms with Gasteiger partial charge in [0.25, 0.3) is 0 Å². The highest BCUT2D eigenvalue weighted by Gasteiger charge is 2.11. The zero-order valence-corrected chi connectivity index (χ0v) is 11.8. The van der Waals surface area contributed by atoms with Crippen LogP contribution in [0.25, 0.3) is 0 Å². The van der Waals surface area contributed by atoms with Crippen LogP contribution in [0.2, 0.25) is 0 Å². The van der Waals surface area contributed by atoms with E-state index in [1.54, 1.807) is 6.20 Å². The fourth-order valence-corrected chi connectivity index (χ4v) is 2.53. The van der Waals surface area contributed by atoms with E-state index in [4.69, 9.17) is 5.73 Å². The largest absolute Gasteiger partial charge is 0.383 e. The van der Waals surface area contributed by atoms with Crippen LogP contribution in [0.5, 0.6) is 0 Å². The maximum absolute atomic E-state index is 5.88. The van der Waals surface area contributed by atoms with Crippen molar-refractivity contribution in [2.24, 2.45) is 0 Å². The van der Waals surface area contributed by atoms with Crippen molar-refractivity contribution in [3.63, 3.8) is 0 Å². The molecule has 1 atom stereocenters. The van der Waals surface area contributed by atoms with Crippen LogP contribution >= 0.6 is 11.8 Å². The molecule has 0 spiro atoms. The van der Waals surface area contributed by atoms with E-state index in [1.165, 1.54) is 0 Å². The second-order valence-electron chi connectivity index (χ2n) is 4.39. The van der Waals surface area contributed by atoms with Crippen LogP contribution in [0.3, 0.4) is 0 Å². The fourth-order valence-electron chi connectivity index (χ4n) is 1.68. The van der Waals surface area contributed by atoms with Crippen LogP contribution < -0.4 is 11.1 Å². The Morgan fingerprint density at radius 3 is 2.82 bits per heavy atom. The summed E-state index contributed by atoms with van der Waals surface area (Å²) in [5, 5.41) is 4.18. The maximum Gasteiger partial charge on any atom is 0.126 e. The van der Waals surface area contributed by atoms with Crippen molar-refractivity contribution < 1.29 is 0 Å². The van der Waals surface area contributed by atoms with Gasteiger partial charge in [0.05, 0.1) is 0 Å². The highest BCUT2D eigenvalue weighted by molar-refractivity contribution is 7.99. The molecule has 0 saturated heterocycles. The first kappa shape index (κ1) is 14.3. The predicted octanol–water partition coefficient (Wildman–Crippen LogP) is 2.33. The third-order valence-electron chi connectivity index (χ3n) is 2.52. The second kappa shape index (κ2) is 7.56. The van der Waals surface area contributed by atoms with Gasteiger partial charge in [-0.25, -0.2) is 4.98 Å². The molecule has 3 N–H and O–H groups in total. The number of nitrogens with one attached hydrogen (secondary N) is 1. The summed E-state index contributed by atoms with van der Waals surface area (Å²) in [5.74, 6) is 1.77. The summed E-state index contributed by atoms with van der Waals surface area (Å²) in [5.41, 5.74) is 7.02. The number of nitrogens with two attached hydrogens (primary N) is 1. The van der Waals surface area contributed by atoms with E-state index in [0.717, 1.165) is 24.3 Å². The lowest BCUT2D eigenvalue weighted by molar-refractivity contribution is 0.572. The Kier molecular flexibility index (Phi) is 6.37. The van der Waals surface area contributed by atoms with Gasteiger partial charge in [0, 0.05) is 18.0 Å². The summed E-state index contributed by atoms with van der Waals surface area (Å²) in [6.07, 6.45) is 2.69. The number of hydrogen-bond donors (Lipinski definition) is 2. The van der Waals surface area contributed by atoms with E-state index in [0.29, 0.717) is 17.1 Å². The molecule has 0 aliphatic heterocycles. The van der Waals surface area contributed by atoms with Gasteiger partial charge in [-0.1, -0.05) is 26.8 Å². The quantitative estimate of drug-likeness (QED) is 0.783. The lowest BCUT2D eigenvalue weighted by Crippen LogP contribution is -2.34. The topological polar surface area (TPSA) is 50.9 Å². The van der Waals surface area contributed by atoms with E-state index < -0.39 is 0 Å². The molecule has 1 unspecified atom stereocenters. The summed E-state index contributed by atoms with van der Waals surface area (Å²) in [4.78, 5) is 4.13. The zero-order valence-electron chi connectivity index (χ0n) is 10.9. The lowest BCUT2D eigenvalue weighted by atomic mass is 10.1. The molecule has 0 aliphatic carbocycles. The van der Waals surface area contributed by atoms with Gasteiger partial charge in [0.15, 0.2) is 0 Å². The Labute approximate surface area is 109 Å². The van der Waals surface area contributed by atoms with Crippen molar-refractivity contribution in [2.45, 2.75) is 38.5 Å². The summed E-state index contributed by atoms with van der Waals surface area (Å²) >= 11 is 1.98. The van der Waals surface area contributed by atoms with Gasteiger partial charge in [0.2, 0.25) is 0 Å². The minimum absolute atomic E-state index is 0.471. The van der Waals surface area contributed by atoms with E-state index in [9.17, 15) is 0 Å². The van der Waals surface area contributed by atoms with Crippen LogP contribution in [-0.2, 0) is 6.42 Å². The van der Waals surface area contributed by atoms with Gasteiger partial charge in [-0.15, -0.1) is 0 Å². The third kappa shape index (κ3) is 5.41. The standard InChI is InChI=1S/C13H23N3S/c1-4-15-12(9-17-10(2)3)8-11-6-5-7-16-13(11)14/h5-7,10,12,15H,4,8-9H2,1-3H3,(H2,14,16). The number of hydrogen-bond acceptors (Lipinski definition) is 4. The molecular formula is C13H23N3S. The highest BCUT2D eigenvalue weighted by atomic mass is 32.2. The molecule has 0 aliphatic rings. The zero-order chi connectivity index (χ0) is 12.7. The molecule has 1 aromatic rings. The van der Waals surface area contributed by atoms with Crippen molar-refractivity contribution in [3.05, 3.63) is 23.9 Å². The average molecular weight is 253 g/mol. The Morgan fingerprint density at radius 2 is 2.24 bits per heavy atom. The summed E-state index contributed by atoms with van der Waals surface area (Å²) in [6.45, 7) is 7.58. The van der Waals surface area contributed by atoms with Gasteiger partial charge in [0.1, 0.15) is 5.82 Å². The first-order chi connectivity index (χ1) is 8.13. The first-order valence-corrected chi connectivity index (χ1v) is 7.22. The van der Waals surface area contributed by atoms with Gasteiger partial charge in [-0.05, 0) is 29.8 Å². The van der Waals surface area contributed by atoms with Crippen molar-refractivity contribution in [1.82, 2.24) is 10.3 Å². The Morgan fingerprint density at radius 1 is 1.47 bits per heavy atom. The summed E-state index contributed by atoms with van der Waals surface area (Å²) < 4.78 is 0. The number of nitrogen functional groups attached to an aromatic ring is 1. The Balaban J connectivity index is 2.56. The lowest BCUT2D eigenvalue weighted by Gasteiger charge is -2.19. The molecule has 4 heteroatoms. The minimum atomic E-state index is 0.471. The molecule has 0 amide bonds. The smallest absolute Gasteiger partial charge is 0.126 e. The molecule has 1 heterocycles. The number of thioether (sulfide) groups is 1. The van der Waals surface area contributed by atoms with Gasteiger partial charge in [-0.3, -0.25) is 0 Å². The number of pyridine rings is 1. The number of likely N-dealkylation sites (N-methyl/N-ethyl adjacent to an activating group) is 1. The van der Waals surface area contributed by atoms with Crippen molar-refractivity contribution in [1.29, 1.82) is 0 Å². The number of aromatic nitrogens is 1. The SMILES string of the molecule is CCNC(CSC(C)C)Cc1cccnc1N. The number of anilines is 1. The number of nitrogens with zero attached hydrogens (tertiary/aromatic N) is 1. The molecule has 0 radical (unpaired) electrons. The van der Waals surface area contributed by atoms with Gasteiger partial charge in [-0.2, -0.15) is 11.8 Å². The first-order valence-electron chi connectivity index (χ1n) is 6.17. The summed E-state index contributed by atoms with van der Waals surface area (Å²) in [7, 11) is 0. The summed E-state index contributed by atoms with van der Waals surface area (Å²) in [6, 6.07) is 4.48. The average Bonchev–Trinajstić information content (AvgIpc) is 2.29. The van der Waals surface area contributed by atoms with Crippen molar-refractivity contribution in [2.75, 3.05) is 18.0 Å². The molecular weight excluding hydrogens is 230 g/mol. The van der Waals surface area contributed by atoms with Crippen LogP contribution in [0.15, 0.2) is 18.3 Å². The van der Waals surface area contributed by atoms with Crippen LogP contribution in [-0.4, -0.2) is 28.6 Å². The van der Waals surface area contributed by atoms with Gasteiger partial charge < -0.3 is 11.1 Å². The fraction of sp³-hybridized carbons (Fsp3) is 0.615. The third-order valence-corrected chi connectivity index (χ3v) is 3.78. The van der Waals surface area contributed by atoms with Crippen molar-refractivity contribution >= 4 is 17.6 Å². The van der Waals surface area contributed by atoms with E-state index in [-0.39, 0.29) is 0 Å². The molecule has 0 bridgehead atoms. The van der Waals surface area contributed by atoms with Crippen LogP contribution in [0.4, 0.5) is 5.82 Å². The van der Waals surface area contributed by atoms with E-state index in [2.05, 4.69) is 37.1 Å².